The van der Waals surface area contributed by atoms with Crippen molar-refractivity contribution in [1.82, 2.24) is 14.6 Å². The van der Waals surface area contributed by atoms with E-state index in [0.717, 1.165) is 50.2 Å². The van der Waals surface area contributed by atoms with Crippen molar-refractivity contribution in [3.05, 3.63) is 40.3 Å². The van der Waals surface area contributed by atoms with Crippen molar-refractivity contribution in [3.63, 3.8) is 0 Å². The number of carbonyl (C=O) groups is 1. The van der Waals surface area contributed by atoms with Crippen molar-refractivity contribution in [2.24, 2.45) is 0 Å². The third-order valence-electron chi connectivity index (χ3n) is 4.34. The second-order valence-corrected chi connectivity index (χ2v) is 7.11. The second kappa shape index (κ2) is 7.27. The number of likely N-dealkylation sites (tertiary alicyclic amines) is 1. The number of rotatable bonds is 5. The molecule has 0 spiro atoms. The number of nitrogens with one attached hydrogen (secondary N) is 1. The van der Waals surface area contributed by atoms with Gasteiger partial charge in [-0.2, -0.15) is 0 Å². The van der Waals surface area contributed by atoms with Gasteiger partial charge in [-0.05, 0) is 56.8 Å². The molecule has 1 aliphatic heterocycles. The Hall–Kier alpha value is -1.66. The second-order valence-electron chi connectivity index (χ2n) is 6.19. The molecule has 124 valence electrons. The zero-order valence-corrected chi connectivity index (χ0v) is 14.5. The van der Waals surface area contributed by atoms with Crippen LogP contribution in [0, 0.1) is 13.8 Å². The minimum atomic E-state index is -0.0845. The van der Waals surface area contributed by atoms with Crippen LogP contribution in [0.15, 0.2) is 22.7 Å². The van der Waals surface area contributed by atoms with Gasteiger partial charge in [-0.15, -0.1) is 0 Å². The fourth-order valence-electron chi connectivity index (χ4n) is 3.06. The van der Waals surface area contributed by atoms with Gasteiger partial charge in [-0.1, -0.05) is 0 Å². The summed E-state index contributed by atoms with van der Waals surface area (Å²) < 4.78 is 9.63. The minimum absolute atomic E-state index is 0.0845. The molecule has 1 aliphatic rings. The molecule has 6 heteroatoms. The van der Waals surface area contributed by atoms with Gasteiger partial charge in [0.2, 0.25) is 0 Å². The predicted molar refractivity (Wildman–Crippen MR) is 90.9 cm³/mol. The molecule has 0 aliphatic carbocycles. The van der Waals surface area contributed by atoms with Crippen LogP contribution in [0.2, 0.25) is 0 Å². The Kier molecular flexibility index (Phi) is 5.13. The Bertz CT molecular complexity index is 643. The topological polar surface area (TPSA) is 58.4 Å². The fourth-order valence-corrected chi connectivity index (χ4v) is 3.62. The number of piperidine rings is 1. The third-order valence-corrected chi connectivity index (χ3v) is 5.14. The van der Waals surface area contributed by atoms with Crippen LogP contribution in [0.25, 0.3) is 0 Å². The number of carbonyl (C=O) groups excluding carboxylic acids is 1. The first-order valence-electron chi connectivity index (χ1n) is 8.11. The molecule has 3 heterocycles. The average Bonchev–Trinajstić information content (AvgIpc) is 3.16. The van der Waals surface area contributed by atoms with Gasteiger partial charge in [0, 0.05) is 42.3 Å². The van der Waals surface area contributed by atoms with E-state index in [1.54, 1.807) is 11.5 Å². The van der Waals surface area contributed by atoms with Gasteiger partial charge >= 0.3 is 0 Å². The normalized spacial score (nSPS) is 16.6. The zero-order valence-electron chi connectivity index (χ0n) is 13.7. The van der Waals surface area contributed by atoms with Crippen molar-refractivity contribution >= 4 is 17.4 Å². The van der Waals surface area contributed by atoms with Gasteiger partial charge in [0.05, 0.1) is 0 Å². The van der Waals surface area contributed by atoms with Crippen LogP contribution in [0.5, 0.6) is 0 Å². The first-order valence-corrected chi connectivity index (χ1v) is 8.89. The molecule has 1 fully saturated rings. The summed E-state index contributed by atoms with van der Waals surface area (Å²) in [6, 6.07) is 4.23. The molecule has 2 aromatic heterocycles. The quantitative estimate of drug-likeness (QED) is 0.914. The minimum Gasteiger partial charge on any atom is -0.456 e. The van der Waals surface area contributed by atoms with Gasteiger partial charge in [-0.25, -0.2) is 4.37 Å². The molecular weight excluding hydrogens is 310 g/mol. The summed E-state index contributed by atoms with van der Waals surface area (Å²) in [5, 5.41) is 3.11. The van der Waals surface area contributed by atoms with Crippen LogP contribution in [0.4, 0.5) is 0 Å². The average molecular weight is 333 g/mol. The number of furan rings is 1. The van der Waals surface area contributed by atoms with Crippen molar-refractivity contribution in [1.29, 1.82) is 0 Å². The summed E-state index contributed by atoms with van der Waals surface area (Å²) in [5.41, 5.74) is 0.905. The lowest BCUT2D eigenvalue weighted by atomic mass is 10.0. The summed E-state index contributed by atoms with van der Waals surface area (Å²) in [7, 11) is 0. The van der Waals surface area contributed by atoms with E-state index in [2.05, 4.69) is 20.7 Å². The number of nitrogens with zero attached hydrogens (tertiary/aromatic N) is 2. The number of aromatic nitrogens is 1. The van der Waals surface area contributed by atoms with E-state index in [1.807, 2.05) is 26.1 Å². The van der Waals surface area contributed by atoms with Crippen molar-refractivity contribution < 1.29 is 9.21 Å². The molecule has 0 atom stereocenters. The smallest absolute Gasteiger partial charge is 0.287 e. The van der Waals surface area contributed by atoms with Crippen LogP contribution >= 0.6 is 11.5 Å². The highest BCUT2D eigenvalue weighted by Crippen LogP contribution is 2.16. The van der Waals surface area contributed by atoms with Crippen LogP contribution in [0.3, 0.4) is 0 Å². The van der Waals surface area contributed by atoms with Crippen LogP contribution in [-0.2, 0) is 6.42 Å². The fraction of sp³-hybridized carbons (Fsp3) is 0.529. The molecule has 0 saturated carbocycles. The lowest BCUT2D eigenvalue weighted by Gasteiger charge is -2.32. The monoisotopic (exact) mass is 333 g/mol. The number of hydrogen-bond acceptors (Lipinski definition) is 5. The summed E-state index contributed by atoms with van der Waals surface area (Å²) in [5.74, 6) is 1.15. The number of aryl methyl sites for hydroxylation is 2. The standard InChI is InChI=1S/C17H23N3O2S/c1-12-11-13(2)22-16(12)17(21)19-14-4-8-20(9-5-14)10-6-15-3-7-18-23-15/h3,7,11,14H,4-6,8-10H2,1-2H3,(H,19,21). The lowest BCUT2D eigenvalue weighted by molar-refractivity contribution is 0.0881. The Morgan fingerprint density at radius 1 is 1.43 bits per heavy atom. The predicted octanol–water partition coefficient (Wildman–Crippen LogP) is 2.79. The molecule has 3 rings (SSSR count). The van der Waals surface area contributed by atoms with E-state index < -0.39 is 0 Å². The van der Waals surface area contributed by atoms with Gasteiger partial charge in [0.15, 0.2) is 5.76 Å². The summed E-state index contributed by atoms with van der Waals surface area (Å²) in [6.45, 7) is 6.90. The molecule has 5 nitrogen and oxygen atoms in total. The summed E-state index contributed by atoms with van der Waals surface area (Å²) in [6.07, 6.45) is 4.91. The van der Waals surface area contributed by atoms with Crippen molar-refractivity contribution in [3.8, 4) is 0 Å². The zero-order chi connectivity index (χ0) is 16.2. The first-order chi connectivity index (χ1) is 11.1. The van der Waals surface area contributed by atoms with Crippen LogP contribution < -0.4 is 5.32 Å². The van der Waals surface area contributed by atoms with E-state index in [0.29, 0.717) is 5.76 Å². The molecular formula is C17H23N3O2S. The molecule has 0 bridgehead atoms. The van der Waals surface area contributed by atoms with Crippen molar-refractivity contribution in [2.75, 3.05) is 19.6 Å². The SMILES string of the molecule is Cc1cc(C)c(C(=O)NC2CCN(CCc3ccns3)CC2)o1. The molecule has 1 saturated heterocycles. The molecule has 1 N–H and O–H groups in total. The van der Waals surface area contributed by atoms with E-state index in [-0.39, 0.29) is 11.9 Å². The highest BCUT2D eigenvalue weighted by Gasteiger charge is 2.23. The van der Waals surface area contributed by atoms with Crippen molar-refractivity contribution in [2.45, 2.75) is 39.2 Å². The Balaban J connectivity index is 1.44. The third kappa shape index (κ3) is 4.20. The van der Waals surface area contributed by atoms with Gasteiger partial charge in [-0.3, -0.25) is 4.79 Å². The highest BCUT2D eigenvalue weighted by molar-refractivity contribution is 7.05. The van der Waals surface area contributed by atoms with E-state index in [4.69, 9.17) is 4.42 Å². The highest BCUT2D eigenvalue weighted by atomic mass is 32.1. The van der Waals surface area contributed by atoms with Gasteiger partial charge < -0.3 is 14.6 Å². The summed E-state index contributed by atoms with van der Waals surface area (Å²) >= 11 is 1.58. The Morgan fingerprint density at radius 3 is 2.83 bits per heavy atom. The molecule has 0 radical (unpaired) electrons. The maximum Gasteiger partial charge on any atom is 0.287 e. The van der Waals surface area contributed by atoms with E-state index in [1.165, 1.54) is 4.88 Å². The molecule has 0 aromatic carbocycles. The maximum atomic E-state index is 12.3. The Morgan fingerprint density at radius 2 is 2.22 bits per heavy atom. The van der Waals surface area contributed by atoms with Gasteiger partial charge in [0.25, 0.3) is 5.91 Å². The lowest BCUT2D eigenvalue weighted by Crippen LogP contribution is -2.45. The molecule has 23 heavy (non-hydrogen) atoms. The van der Waals surface area contributed by atoms with E-state index in [9.17, 15) is 4.79 Å². The largest absolute Gasteiger partial charge is 0.456 e. The first kappa shape index (κ1) is 16.2. The van der Waals surface area contributed by atoms with Crippen LogP contribution in [-0.4, -0.2) is 40.9 Å². The van der Waals surface area contributed by atoms with Crippen LogP contribution in [0.1, 0.15) is 39.6 Å². The molecule has 0 unspecified atom stereocenters. The Labute approximate surface area is 140 Å². The maximum absolute atomic E-state index is 12.3. The van der Waals surface area contributed by atoms with Gasteiger partial charge in [0.1, 0.15) is 5.76 Å². The number of hydrogen-bond donors (Lipinski definition) is 1. The number of amides is 1. The van der Waals surface area contributed by atoms with E-state index >= 15 is 0 Å². The summed E-state index contributed by atoms with van der Waals surface area (Å²) in [4.78, 5) is 16.1. The molecule has 1 amide bonds. The molecule has 2 aromatic rings.